The van der Waals surface area contributed by atoms with E-state index in [-0.39, 0.29) is 47.9 Å². The highest BCUT2D eigenvalue weighted by molar-refractivity contribution is 6.30. The zero-order valence-electron chi connectivity index (χ0n) is 21.6. The van der Waals surface area contributed by atoms with Crippen LogP contribution in [0.15, 0.2) is 60.9 Å². The van der Waals surface area contributed by atoms with Gasteiger partial charge in [-0.3, -0.25) is 28.8 Å². The summed E-state index contributed by atoms with van der Waals surface area (Å²) in [6, 6.07) is 12.4. The van der Waals surface area contributed by atoms with E-state index in [4.69, 9.17) is 17.3 Å². The highest BCUT2D eigenvalue weighted by Gasteiger charge is 2.34. The van der Waals surface area contributed by atoms with Crippen molar-refractivity contribution in [3.8, 4) is 0 Å². The normalized spacial score (nSPS) is 12.6. The van der Waals surface area contributed by atoms with Crippen LogP contribution in [0.4, 0.5) is 10.1 Å². The van der Waals surface area contributed by atoms with Crippen LogP contribution in [0.1, 0.15) is 39.3 Å². The fraction of sp³-hybridized carbons (Fsp3) is 0.214. The molecule has 0 spiro atoms. The number of carbonyl (C=O) groups excluding carboxylic acids is 4. The van der Waals surface area contributed by atoms with Gasteiger partial charge in [0, 0.05) is 41.6 Å². The Labute approximate surface area is 238 Å². The van der Waals surface area contributed by atoms with Crippen LogP contribution < -0.4 is 16.4 Å². The number of hydrogen-bond donors (Lipinski definition) is 3. The summed E-state index contributed by atoms with van der Waals surface area (Å²) in [4.78, 5) is 56.1. The lowest BCUT2D eigenvalue weighted by Crippen LogP contribution is -2.43. The van der Waals surface area contributed by atoms with E-state index in [0.717, 1.165) is 12.8 Å². The van der Waals surface area contributed by atoms with Crippen molar-refractivity contribution in [3.63, 3.8) is 0 Å². The lowest BCUT2D eigenvalue weighted by atomic mass is 10.1. The number of nitrogens with one attached hydrogen (secondary N) is 2. The van der Waals surface area contributed by atoms with E-state index in [1.54, 1.807) is 42.6 Å². The Hall–Kier alpha value is -4.84. The van der Waals surface area contributed by atoms with E-state index < -0.39 is 23.5 Å². The molecule has 1 fully saturated rings. The third kappa shape index (κ3) is 6.33. The topological polar surface area (TPSA) is 152 Å². The van der Waals surface area contributed by atoms with Gasteiger partial charge < -0.3 is 21.3 Å². The van der Waals surface area contributed by atoms with Gasteiger partial charge in [0.15, 0.2) is 5.69 Å². The summed E-state index contributed by atoms with van der Waals surface area (Å²) in [6.45, 7) is -0.556. The first-order valence-corrected chi connectivity index (χ1v) is 13.1. The Balaban J connectivity index is 1.30. The predicted octanol–water partition coefficient (Wildman–Crippen LogP) is 2.88. The number of primary amides is 1. The summed E-state index contributed by atoms with van der Waals surface area (Å²) in [5.74, 6) is -2.64. The zero-order valence-corrected chi connectivity index (χ0v) is 22.4. The Morgan fingerprint density at radius 3 is 2.63 bits per heavy atom. The van der Waals surface area contributed by atoms with Gasteiger partial charge in [0.05, 0.1) is 22.6 Å². The highest BCUT2D eigenvalue weighted by Crippen LogP contribution is 2.28. The molecule has 0 aliphatic heterocycles. The van der Waals surface area contributed by atoms with Gasteiger partial charge in [0.2, 0.25) is 11.8 Å². The molecule has 4 aromatic rings. The molecule has 0 unspecified atom stereocenters. The number of carbonyl (C=O) groups is 4. The van der Waals surface area contributed by atoms with E-state index in [0.29, 0.717) is 22.2 Å². The number of anilines is 1. The van der Waals surface area contributed by atoms with Gasteiger partial charge in [-0.2, -0.15) is 5.10 Å². The van der Waals surface area contributed by atoms with Crippen molar-refractivity contribution in [3.05, 3.63) is 88.6 Å². The van der Waals surface area contributed by atoms with Crippen LogP contribution in [0.25, 0.3) is 10.9 Å². The average molecular weight is 578 g/mol. The molecule has 0 radical (unpaired) electrons. The fourth-order valence-electron chi connectivity index (χ4n) is 4.38. The Kier molecular flexibility index (Phi) is 7.92. The maximum atomic E-state index is 14.2. The van der Waals surface area contributed by atoms with Gasteiger partial charge in [0.25, 0.3) is 11.8 Å². The number of nitrogens with zero attached hydrogens (tertiary/aromatic N) is 4. The zero-order chi connectivity index (χ0) is 29.1. The SMILES string of the molecule is NC(=O)c1nn(CC(=O)N(CC(=O)NCc2cccc(Cl)c2F)C2CC2)c2ccc(NC(=O)c3cccnc3)cc12. The quantitative estimate of drug-likeness (QED) is 0.263. The molecule has 41 heavy (non-hydrogen) atoms. The molecular formula is C28H25ClFN7O4. The predicted molar refractivity (Wildman–Crippen MR) is 148 cm³/mol. The van der Waals surface area contributed by atoms with Gasteiger partial charge in [-0.25, -0.2) is 4.39 Å². The van der Waals surface area contributed by atoms with Gasteiger partial charge in [-0.05, 0) is 49.2 Å². The fourth-order valence-corrected chi connectivity index (χ4v) is 4.57. The molecule has 11 nitrogen and oxygen atoms in total. The van der Waals surface area contributed by atoms with E-state index >= 15 is 0 Å². The Morgan fingerprint density at radius 2 is 1.93 bits per heavy atom. The van der Waals surface area contributed by atoms with E-state index in [1.807, 2.05) is 0 Å². The molecule has 1 aliphatic carbocycles. The smallest absolute Gasteiger partial charge is 0.269 e. The standard InChI is InChI=1S/C28H25ClFN7O4/c29-21-5-1-3-16(25(21)30)13-33-23(38)14-36(19-7-8-19)24(39)15-37-22-9-6-18(11-20(22)26(35-37)27(31)40)34-28(41)17-4-2-10-32-12-17/h1-6,9-12,19H,7-8,13-15H2,(H2,31,40)(H,33,38)(H,34,41). The van der Waals surface area contributed by atoms with Crippen molar-refractivity contribution in [2.24, 2.45) is 5.73 Å². The molecule has 4 amide bonds. The van der Waals surface area contributed by atoms with E-state index in [1.165, 1.54) is 27.9 Å². The number of hydrogen-bond acceptors (Lipinski definition) is 6. The van der Waals surface area contributed by atoms with Gasteiger partial charge in [-0.15, -0.1) is 0 Å². The molecule has 210 valence electrons. The number of rotatable bonds is 10. The molecule has 0 atom stereocenters. The molecule has 0 saturated heterocycles. The summed E-state index contributed by atoms with van der Waals surface area (Å²) >= 11 is 5.80. The first kappa shape index (κ1) is 27.7. The Morgan fingerprint density at radius 1 is 1.12 bits per heavy atom. The lowest BCUT2D eigenvalue weighted by Gasteiger charge is -2.22. The second kappa shape index (κ2) is 11.7. The van der Waals surface area contributed by atoms with Crippen LogP contribution >= 0.6 is 11.6 Å². The minimum atomic E-state index is -0.802. The molecule has 2 aromatic heterocycles. The van der Waals surface area contributed by atoms with E-state index in [9.17, 15) is 23.6 Å². The van der Waals surface area contributed by atoms with Gasteiger partial charge in [-0.1, -0.05) is 23.7 Å². The van der Waals surface area contributed by atoms with Crippen molar-refractivity contribution in [1.29, 1.82) is 0 Å². The molecule has 0 bridgehead atoms. The van der Waals surface area contributed by atoms with Crippen LogP contribution in [0.3, 0.4) is 0 Å². The van der Waals surface area contributed by atoms with Crippen molar-refractivity contribution in [1.82, 2.24) is 25.0 Å². The number of amides is 4. The monoisotopic (exact) mass is 577 g/mol. The summed E-state index contributed by atoms with van der Waals surface area (Å²) < 4.78 is 15.5. The molecule has 1 aliphatic rings. The third-order valence-electron chi connectivity index (χ3n) is 6.58. The molecule has 2 aromatic carbocycles. The summed E-state index contributed by atoms with van der Waals surface area (Å²) in [5, 5.41) is 9.94. The van der Waals surface area contributed by atoms with Crippen LogP contribution in [-0.4, -0.2) is 55.9 Å². The maximum absolute atomic E-state index is 14.2. The largest absolute Gasteiger partial charge is 0.364 e. The molecular weight excluding hydrogens is 553 g/mol. The molecule has 5 rings (SSSR count). The molecule has 2 heterocycles. The summed E-state index contributed by atoms with van der Waals surface area (Å²) in [5.41, 5.74) is 6.92. The number of benzene rings is 2. The maximum Gasteiger partial charge on any atom is 0.269 e. The van der Waals surface area contributed by atoms with Crippen molar-refractivity contribution in [2.75, 3.05) is 11.9 Å². The van der Waals surface area contributed by atoms with E-state index in [2.05, 4.69) is 20.7 Å². The minimum absolute atomic E-state index is 0.0451. The molecule has 13 heteroatoms. The highest BCUT2D eigenvalue weighted by atomic mass is 35.5. The second-order valence-electron chi connectivity index (χ2n) is 9.54. The number of halogens is 2. The number of pyridine rings is 1. The van der Waals surface area contributed by atoms with Gasteiger partial charge in [0.1, 0.15) is 12.4 Å². The minimum Gasteiger partial charge on any atom is -0.364 e. The van der Waals surface area contributed by atoms with Crippen molar-refractivity contribution >= 4 is 51.8 Å². The molecule has 1 saturated carbocycles. The van der Waals surface area contributed by atoms with Crippen LogP contribution in [0.2, 0.25) is 5.02 Å². The Bertz CT molecular complexity index is 1660. The number of aromatic nitrogens is 3. The van der Waals surface area contributed by atoms with Crippen LogP contribution in [0.5, 0.6) is 0 Å². The van der Waals surface area contributed by atoms with Gasteiger partial charge >= 0.3 is 0 Å². The second-order valence-corrected chi connectivity index (χ2v) is 9.95. The first-order valence-electron chi connectivity index (χ1n) is 12.7. The van der Waals surface area contributed by atoms with Crippen LogP contribution in [-0.2, 0) is 22.7 Å². The van der Waals surface area contributed by atoms with Crippen molar-refractivity contribution in [2.45, 2.75) is 32.0 Å². The summed E-state index contributed by atoms with van der Waals surface area (Å²) in [7, 11) is 0. The van der Waals surface area contributed by atoms with Crippen LogP contribution in [0, 0.1) is 5.82 Å². The first-order chi connectivity index (χ1) is 19.7. The van der Waals surface area contributed by atoms with Crippen molar-refractivity contribution < 1.29 is 23.6 Å². The average Bonchev–Trinajstić information content (AvgIpc) is 3.74. The third-order valence-corrected chi connectivity index (χ3v) is 6.87. The summed E-state index contributed by atoms with van der Waals surface area (Å²) in [6.07, 6.45) is 4.47. The lowest BCUT2D eigenvalue weighted by molar-refractivity contribution is -0.137. The molecule has 4 N–H and O–H groups in total. The number of fused-ring (bicyclic) bond motifs is 1. The number of nitrogens with two attached hydrogens (primary N) is 1.